The number of rotatable bonds is 1. The third-order valence-electron chi connectivity index (χ3n) is 3.19. The van der Waals surface area contributed by atoms with Gasteiger partial charge >= 0.3 is 0 Å². The zero-order chi connectivity index (χ0) is 16.0. The Morgan fingerprint density at radius 1 is 1.14 bits per heavy atom. The molecule has 2 N–H and O–H groups in total. The lowest BCUT2D eigenvalue weighted by molar-refractivity contribution is -0.110. The fourth-order valence-corrected chi connectivity index (χ4v) is 4.04. The smallest absolute Gasteiger partial charge is 0.256 e. The molecular weight excluding hydrogens is 457 g/mol. The highest BCUT2D eigenvalue weighted by Gasteiger charge is 2.27. The number of phenols is 1. The summed E-state index contributed by atoms with van der Waals surface area (Å²) in [4.78, 5) is 12.2. The number of phenolic OH excluding ortho intramolecular Hbond substituents is 1. The van der Waals surface area contributed by atoms with Crippen LogP contribution in [-0.4, -0.2) is 11.0 Å². The lowest BCUT2D eigenvalue weighted by atomic mass is 10.0. The van der Waals surface area contributed by atoms with Crippen molar-refractivity contribution in [2.45, 2.75) is 0 Å². The normalized spacial score (nSPS) is 15.1. The van der Waals surface area contributed by atoms with E-state index in [2.05, 4.69) is 37.2 Å². The first-order valence-electron chi connectivity index (χ1n) is 6.07. The highest BCUT2D eigenvalue weighted by Crippen LogP contribution is 2.42. The van der Waals surface area contributed by atoms with E-state index >= 15 is 0 Å². The van der Waals surface area contributed by atoms with Gasteiger partial charge in [-0.05, 0) is 46.3 Å². The van der Waals surface area contributed by atoms with Crippen molar-refractivity contribution in [2.24, 2.45) is 0 Å². The largest absolute Gasteiger partial charge is 0.506 e. The van der Waals surface area contributed by atoms with Crippen molar-refractivity contribution in [1.29, 1.82) is 0 Å². The van der Waals surface area contributed by atoms with Gasteiger partial charge in [0.25, 0.3) is 5.91 Å². The highest BCUT2D eigenvalue weighted by molar-refractivity contribution is 9.11. The highest BCUT2D eigenvalue weighted by atomic mass is 79.9. The summed E-state index contributed by atoms with van der Waals surface area (Å²) in [6.07, 6.45) is 1.56. The number of amides is 1. The molecule has 0 fully saturated rings. The van der Waals surface area contributed by atoms with Crippen LogP contribution in [-0.2, 0) is 4.79 Å². The molecule has 22 heavy (non-hydrogen) atoms. The zero-order valence-corrected chi connectivity index (χ0v) is 15.4. The number of hydrogen-bond acceptors (Lipinski definition) is 2. The molecule has 0 saturated carbocycles. The van der Waals surface area contributed by atoms with E-state index in [4.69, 9.17) is 23.2 Å². The average Bonchev–Trinajstić information content (AvgIpc) is 2.73. The molecule has 0 aromatic heterocycles. The summed E-state index contributed by atoms with van der Waals surface area (Å²) in [6, 6.07) is 6.66. The van der Waals surface area contributed by atoms with Crippen molar-refractivity contribution in [3.63, 3.8) is 0 Å². The Bertz CT molecular complexity index is 850. The van der Waals surface area contributed by atoms with Gasteiger partial charge in [-0.1, -0.05) is 39.1 Å². The third kappa shape index (κ3) is 2.78. The summed E-state index contributed by atoms with van der Waals surface area (Å²) in [7, 11) is 0. The van der Waals surface area contributed by atoms with Crippen molar-refractivity contribution >= 4 is 78.3 Å². The first-order chi connectivity index (χ1) is 10.4. The summed E-state index contributed by atoms with van der Waals surface area (Å²) in [5.41, 5.74) is 2.21. The van der Waals surface area contributed by atoms with Crippen LogP contribution in [0.15, 0.2) is 33.2 Å². The molecule has 0 unspecified atom stereocenters. The molecule has 0 bridgehead atoms. The minimum Gasteiger partial charge on any atom is -0.506 e. The van der Waals surface area contributed by atoms with Crippen LogP contribution in [0.1, 0.15) is 11.1 Å². The van der Waals surface area contributed by atoms with E-state index in [0.29, 0.717) is 21.8 Å². The minimum absolute atomic E-state index is 0.117. The van der Waals surface area contributed by atoms with Crippen LogP contribution < -0.4 is 5.32 Å². The van der Waals surface area contributed by atoms with Crippen LogP contribution in [0.25, 0.3) is 11.6 Å². The fourth-order valence-electron chi connectivity index (χ4n) is 2.21. The standard InChI is InChI=1S/C15H7Br2Cl2NO2/c16-7-3-9-10(15(22)20-13(9)11(17)4-7)2-6-1-8(18)5-12(19)14(6)21/h1-5,21H,(H,20,22). The lowest BCUT2D eigenvalue weighted by Crippen LogP contribution is -2.03. The first kappa shape index (κ1) is 15.9. The van der Waals surface area contributed by atoms with Gasteiger partial charge in [-0.15, -0.1) is 0 Å². The van der Waals surface area contributed by atoms with Gasteiger partial charge in [0.2, 0.25) is 0 Å². The summed E-state index contributed by atoms with van der Waals surface area (Å²) in [5, 5.41) is 13.3. The van der Waals surface area contributed by atoms with Crippen LogP contribution >= 0.6 is 55.1 Å². The van der Waals surface area contributed by atoms with Crippen LogP contribution in [0.2, 0.25) is 10.0 Å². The molecule has 3 nitrogen and oxygen atoms in total. The van der Waals surface area contributed by atoms with Gasteiger partial charge in [-0.2, -0.15) is 0 Å². The predicted molar refractivity (Wildman–Crippen MR) is 96.5 cm³/mol. The number of fused-ring (bicyclic) bond motifs is 1. The second-order valence-corrected chi connectivity index (χ2v) is 7.26. The quantitative estimate of drug-likeness (QED) is 0.532. The molecule has 2 aromatic rings. The van der Waals surface area contributed by atoms with E-state index in [1.807, 2.05) is 12.1 Å². The van der Waals surface area contributed by atoms with Gasteiger partial charge in [-0.3, -0.25) is 4.79 Å². The number of carbonyl (C=O) groups is 1. The van der Waals surface area contributed by atoms with Gasteiger partial charge in [0.05, 0.1) is 10.7 Å². The Labute approximate surface area is 153 Å². The molecule has 0 aliphatic carbocycles. The molecular formula is C15H7Br2Cl2NO2. The second kappa shape index (κ2) is 5.89. The zero-order valence-electron chi connectivity index (χ0n) is 10.8. The van der Waals surface area contributed by atoms with E-state index in [9.17, 15) is 9.90 Å². The molecule has 1 aliphatic heterocycles. The third-order valence-corrected chi connectivity index (χ3v) is 4.78. The van der Waals surface area contributed by atoms with Crippen molar-refractivity contribution < 1.29 is 9.90 Å². The molecule has 1 amide bonds. The number of halogens is 4. The van der Waals surface area contributed by atoms with Crippen LogP contribution in [0, 0.1) is 0 Å². The Hall–Kier alpha value is -1.01. The summed E-state index contributed by atoms with van der Waals surface area (Å²) in [5.74, 6) is -0.377. The molecule has 1 aliphatic rings. The van der Waals surface area contributed by atoms with E-state index in [-0.39, 0.29) is 16.7 Å². The van der Waals surface area contributed by atoms with Crippen LogP contribution in [0.3, 0.4) is 0 Å². The molecule has 0 atom stereocenters. The van der Waals surface area contributed by atoms with Crippen molar-refractivity contribution in [1.82, 2.24) is 0 Å². The van der Waals surface area contributed by atoms with Crippen LogP contribution in [0.4, 0.5) is 5.69 Å². The van der Waals surface area contributed by atoms with Gasteiger partial charge in [-0.25, -0.2) is 0 Å². The lowest BCUT2D eigenvalue weighted by Gasteiger charge is -2.05. The molecule has 3 rings (SSSR count). The van der Waals surface area contributed by atoms with E-state index in [0.717, 1.165) is 14.5 Å². The van der Waals surface area contributed by atoms with E-state index in [1.165, 1.54) is 6.07 Å². The maximum atomic E-state index is 12.2. The number of hydrogen-bond donors (Lipinski definition) is 2. The first-order valence-corrected chi connectivity index (χ1v) is 8.41. The maximum absolute atomic E-state index is 12.2. The molecule has 112 valence electrons. The van der Waals surface area contributed by atoms with Gasteiger partial charge in [0, 0.05) is 30.7 Å². The monoisotopic (exact) mass is 461 g/mol. The minimum atomic E-state index is -0.260. The number of carbonyl (C=O) groups excluding carboxylic acids is 1. The second-order valence-electron chi connectivity index (χ2n) is 4.65. The average molecular weight is 464 g/mol. The Morgan fingerprint density at radius 3 is 2.59 bits per heavy atom. The summed E-state index contributed by atoms with van der Waals surface area (Å²) < 4.78 is 1.59. The Morgan fingerprint density at radius 2 is 1.86 bits per heavy atom. The maximum Gasteiger partial charge on any atom is 0.256 e. The van der Waals surface area contributed by atoms with Gasteiger partial charge in [0.15, 0.2) is 0 Å². The molecule has 0 radical (unpaired) electrons. The Kier molecular flexibility index (Phi) is 4.25. The van der Waals surface area contributed by atoms with E-state index in [1.54, 1.807) is 12.1 Å². The molecule has 2 aromatic carbocycles. The number of anilines is 1. The molecule has 7 heteroatoms. The van der Waals surface area contributed by atoms with Crippen molar-refractivity contribution in [2.75, 3.05) is 5.32 Å². The van der Waals surface area contributed by atoms with Gasteiger partial charge < -0.3 is 10.4 Å². The van der Waals surface area contributed by atoms with Crippen LogP contribution in [0.5, 0.6) is 5.75 Å². The van der Waals surface area contributed by atoms with Crippen molar-refractivity contribution in [3.8, 4) is 5.75 Å². The van der Waals surface area contributed by atoms with Crippen molar-refractivity contribution in [3.05, 3.63) is 54.4 Å². The van der Waals surface area contributed by atoms with E-state index < -0.39 is 0 Å². The molecule has 1 heterocycles. The fraction of sp³-hybridized carbons (Fsp3) is 0. The number of aromatic hydroxyl groups is 1. The summed E-state index contributed by atoms with van der Waals surface area (Å²) >= 11 is 18.7. The molecule has 0 spiro atoms. The summed E-state index contributed by atoms with van der Waals surface area (Å²) in [6.45, 7) is 0. The Balaban J connectivity index is 2.21. The number of nitrogens with one attached hydrogen (secondary N) is 1. The topological polar surface area (TPSA) is 49.3 Å². The predicted octanol–water partition coefficient (Wildman–Crippen LogP) is 5.72. The van der Waals surface area contributed by atoms with Gasteiger partial charge in [0.1, 0.15) is 5.75 Å². The molecule has 0 saturated heterocycles. The SMILES string of the molecule is O=C1Nc2c(Br)cc(Br)cc2C1=Cc1cc(Cl)cc(Cl)c1O. The number of benzene rings is 2.